The zero-order valence-corrected chi connectivity index (χ0v) is 16.5. The third-order valence-electron chi connectivity index (χ3n) is 4.81. The maximum atomic E-state index is 11.6. The van der Waals surface area contributed by atoms with Crippen LogP contribution in [-0.4, -0.2) is 20.4 Å². The molecule has 0 unspecified atom stereocenters. The molecular formula is C19H30O3Si. The van der Waals surface area contributed by atoms with Crippen LogP contribution < -0.4 is 0 Å². The molecule has 0 aliphatic heterocycles. The molecular weight excluding hydrogens is 304 g/mol. The maximum Gasteiger partial charge on any atom is 0.307 e. The third kappa shape index (κ3) is 4.04. The Labute approximate surface area is 141 Å². The van der Waals surface area contributed by atoms with Crippen molar-refractivity contribution in [3.63, 3.8) is 0 Å². The lowest BCUT2D eigenvalue weighted by Gasteiger charge is -2.41. The summed E-state index contributed by atoms with van der Waals surface area (Å²) in [4.78, 5) is 11.6. The number of allylic oxidation sites excluding steroid dienone is 4. The van der Waals surface area contributed by atoms with Gasteiger partial charge in [-0.3, -0.25) is 4.79 Å². The zero-order chi connectivity index (χ0) is 17.4. The van der Waals surface area contributed by atoms with Crippen molar-refractivity contribution in [1.82, 2.24) is 0 Å². The van der Waals surface area contributed by atoms with Crippen LogP contribution in [0.25, 0.3) is 0 Å². The molecule has 0 fully saturated rings. The first-order valence-electron chi connectivity index (χ1n) is 8.44. The van der Waals surface area contributed by atoms with Crippen LogP contribution in [0.1, 0.15) is 34.1 Å². The van der Waals surface area contributed by atoms with Crippen LogP contribution in [0.2, 0.25) is 19.6 Å². The van der Waals surface area contributed by atoms with E-state index in [4.69, 9.17) is 9.16 Å². The highest BCUT2D eigenvalue weighted by atomic mass is 28.4. The molecule has 0 saturated carbocycles. The van der Waals surface area contributed by atoms with Crippen molar-refractivity contribution < 1.29 is 14.0 Å². The van der Waals surface area contributed by atoms with Crippen LogP contribution in [0, 0.1) is 17.3 Å². The molecule has 3 atom stereocenters. The topological polar surface area (TPSA) is 35.5 Å². The minimum absolute atomic E-state index is 0.0488. The first-order chi connectivity index (χ1) is 10.5. The fourth-order valence-electron chi connectivity index (χ4n) is 3.66. The van der Waals surface area contributed by atoms with E-state index in [0.717, 1.165) is 17.8 Å². The van der Waals surface area contributed by atoms with Crippen LogP contribution in [0.4, 0.5) is 0 Å². The van der Waals surface area contributed by atoms with Gasteiger partial charge in [-0.1, -0.05) is 38.2 Å². The second-order valence-corrected chi connectivity index (χ2v) is 12.7. The Bertz CT molecular complexity index is 564. The lowest BCUT2D eigenvalue weighted by atomic mass is 9.67. The minimum atomic E-state index is -1.65. The Kier molecular flexibility index (Phi) is 5.07. The second-order valence-electron chi connectivity index (χ2n) is 8.26. The van der Waals surface area contributed by atoms with Crippen LogP contribution in [0.5, 0.6) is 0 Å². The van der Waals surface area contributed by atoms with Gasteiger partial charge in [-0.2, -0.15) is 0 Å². The van der Waals surface area contributed by atoms with E-state index in [-0.39, 0.29) is 29.3 Å². The molecule has 0 radical (unpaired) electrons. The monoisotopic (exact) mass is 334 g/mol. The molecule has 0 aromatic carbocycles. The Morgan fingerprint density at radius 1 is 1.26 bits per heavy atom. The Hall–Kier alpha value is -1.13. The molecule has 0 aromatic heterocycles. The molecule has 23 heavy (non-hydrogen) atoms. The molecule has 4 heteroatoms. The predicted molar refractivity (Wildman–Crippen MR) is 96.3 cm³/mol. The smallest absolute Gasteiger partial charge is 0.307 e. The number of carbonyl (C=O) groups is 1. The number of ether oxygens (including phenoxy) is 1. The van der Waals surface area contributed by atoms with Gasteiger partial charge in [0, 0.05) is 18.8 Å². The highest BCUT2D eigenvalue weighted by Crippen LogP contribution is 2.49. The van der Waals surface area contributed by atoms with Gasteiger partial charge in [0.2, 0.25) is 0 Å². The quantitative estimate of drug-likeness (QED) is 0.421. The zero-order valence-electron chi connectivity index (χ0n) is 15.5. The lowest BCUT2D eigenvalue weighted by molar-refractivity contribution is -0.138. The molecule has 0 saturated heterocycles. The molecule has 2 aliphatic carbocycles. The lowest BCUT2D eigenvalue weighted by Crippen LogP contribution is -2.42. The van der Waals surface area contributed by atoms with Crippen LogP contribution in [0.15, 0.2) is 35.6 Å². The maximum absolute atomic E-state index is 11.6. The van der Waals surface area contributed by atoms with Gasteiger partial charge in [0.05, 0.1) is 6.10 Å². The fraction of sp³-hybridized carbons (Fsp3) is 0.632. The number of rotatable bonds is 3. The Morgan fingerprint density at radius 2 is 1.91 bits per heavy atom. The minimum Gasteiger partial charge on any atom is -0.431 e. The van der Waals surface area contributed by atoms with E-state index in [9.17, 15) is 4.79 Å². The van der Waals surface area contributed by atoms with Crippen molar-refractivity contribution in [2.24, 2.45) is 17.3 Å². The van der Waals surface area contributed by atoms with Crippen molar-refractivity contribution >= 4 is 14.3 Å². The van der Waals surface area contributed by atoms with Gasteiger partial charge in [0.1, 0.15) is 5.76 Å². The second kappa shape index (κ2) is 6.40. The van der Waals surface area contributed by atoms with E-state index in [1.165, 1.54) is 6.92 Å². The van der Waals surface area contributed by atoms with Crippen molar-refractivity contribution in [3.8, 4) is 0 Å². The molecule has 2 bridgehead atoms. The molecule has 2 rings (SSSR count). The number of carbonyl (C=O) groups excluding carboxylic acids is 1. The first-order valence-corrected chi connectivity index (χ1v) is 11.8. The average molecular weight is 335 g/mol. The summed E-state index contributed by atoms with van der Waals surface area (Å²) in [7, 11) is -1.65. The Balaban J connectivity index is 2.44. The summed E-state index contributed by atoms with van der Waals surface area (Å²) in [6, 6.07) is 0. The van der Waals surface area contributed by atoms with E-state index in [2.05, 4.69) is 57.8 Å². The van der Waals surface area contributed by atoms with Gasteiger partial charge >= 0.3 is 5.97 Å². The summed E-state index contributed by atoms with van der Waals surface area (Å²) in [6.07, 6.45) is 9.72. The van der Waals surface area contributed by atoms with E-state index in [1.807, 2.05) is 6.92 Å². The summed E-state index contributed by atoms with van der Waals surface area (Å²) in [6.45, 7) is 14.7. The van der Waals surface area contributed by atoms with E-state index < -0.39 is 8.32 Å². The molecule has 0 aromatic rings. The number of hydrogen-bond donors (Lipinski definition) is 0. The largest absolute Gasteiger partial charge is 0.431 e. The van der Waals surface area contributed by atoms with Crippen molar-refractivity contribution in [3.05, 3.63) is 35.6 Å². The highest BCUT2D eigenvalue weighted by Gasteiger charge is 2.45. The summed E-state index contributed by atoms with van der Waals surface area (Å²) in [5, 5.41) is 0. The summed E-state index contributed by atoms with van der Waals surface area (Å²) < 4.78 is 12.1. The molecule has 128 valence electrons. The molecule has 3 nitrogen and oxygen atoms in total. The van der Waals surface area contributed by atoms with Gasteiger partial charge < -0.3 is 9.16 Å². The van der Waals surface area contributed by atoms with Crippen LogP contribution >= 0.6 is 0 Å². The van der Waals surface area contributed by atoms with Crippen molar-refractivity contribution in [2.75, 3.05) is 0 Å². The van der Waals surface area contributed by atoms with Gasteiger partial charge in [-0.15, -0.1) is 0 Å². The molecule has 0 N–H and O–H groups in total. The van der Waals surface area contributed by atoms with Gasteiger partial charge in [-0.05, 0) is 44.0 Å². The van der Waals surface area contributed by atoms with E-state index in [1.54, 1.807) is 0 Å². The molecule has 0 spiro atoms. The molecule has 0 heterocycles. The fourth-order valence-corrected chi connectivity index (χ4v) is 4.70. The van der Waals surface area contributed by atoms with Crippen molar-refractivity contribution in [1.29, 1.82) is 0 Å². The van der Waals surface area contributed by atoms with Crippen molar-refractivity contribution in [2.45, 2.75) is 59.9 Å². The van der Waals surface area contributed by atoms with E-state index >= 15 is 0 Å². The number of fused-ring (bicyclic) bond motifs is 2. The highest BCUT2D eigenvalue weighted by molar-refractivity contribution is 6.69. The van der Waals surface area contributed by atoms with E-state index in [0.29, 0.717) is 0 Å². The van der Waals surface area contributed by atoms with Gasteiger partial charge in [0.15, 0.2) is 8.32 Å². The van der Waals surface area contributed by atoms with Crippen LogP contribution in [0.3, 0.4) is 0 Å². The standard InChI is InChI=1S/C19H30O3Si/c1-13-11-12-15-17(22-23(5,6)7)10-8-9-16(19(15,3)4)18(13)21-14(2)20/h8,10-12,15-17H,9H2,1-7H3/t15-,16-,17-/m0/s1. The predicted octanol–water partition coefficient (Wildman–Crippen LogP) is 4.83. The number of esters is 1. The normalized spacial score (nSPS) is 30.0. The van der Waals surface area contributed by atoms with Crippen LogP contribution in [-0.2, 0) is 14.0 Å². The summed E-state index contributed by atoms with van der Waals surface area (Å²) >= 11 is 0. The summed E-state index contributed by atoms with van der Waals surface area (Å²) in [5.74, 6) is 1.02. The van der Waals surface area contributed by atoms with Gasteiger partial charge in [-0.25, -0.2) is 0 Å². The summed E-state index contributed by atoms with van der Waals surface area (Å²) in [5.41, 5.74) is 0.996. The molecule has 0 amide bonds. The average Bonchev–Trinajstić information content (AvgIpc) is 2.53. The SMILES string of the molecule is CC(=O)OC1=C(C)C=C[C@H]2[C@@H](O[Si](C)(C)C)C=CC[C@@H]1C2(C)C. The first kappa shape index (κ1) is 18.2. The van der Waals surface area contributed by atoms with Gasteiger partial charge in [0.25, 0.3) is 0 Å². The number of hydrogen-bond acceptors (Lipinski definition) is 3. The third-order valence-corrected chi connectivity index (χ3v) is 5.79. The molecule has 2 aliphatic rings. The Morgan fingerprint density at radius 3 is 2.48 bits per heavy atom.